The van der Waals surface area contributed by atoms with Crippen LogP contribution in [0.3, 0.4) is 0 Å². The van der Waals surface area contributed by atoms with E-state index in [4.69, 9.17) is 10.6 Å². The summed E-state index contributed by atoms with van der Waals surface area (Å²) in [6.45, 7) is 1.09. The molecular formula is C15H14F2N2O. The summed E-state index contributed by atoms with van der Waals surface area (Å²) in [5.41, 5.74) is 5.24. The molecule has 3 N–H and O–H groups in total. The van der Waals surface area contributed by atoms with Gasteiger partial charge in [-0.3, -0.25) is 5.84 Å². The second-order valence-corrected chi connectivity index (χ2v) is 4.76. The van der Waals surface area contributed by atoms with Crippen LogP contribution in [-0.4, -0.2) is 0 Å². The second-order valence-electron chi connectivity index (χ2n) is 4.76. The first-order valence-electron chi connectivity index (χ1n) is 6.30. The lowest BCUT2D eigenvalue weighted by Crippen LogP contribution is -2.30. The molecule has 1 unspecified atom stereocenters. The van der Waals surface area contributed by atoms with E-state index < -0.39 is 17.7 Å². The number of fused-ring (bicyclic) bond motifs is 1. The molecule has 0 saturated heterocycles. The topological polar surface area (TPSA) is 47.3 Å². The van der Waals surface area contributed by atoms with Crippen LogP contribution in [0.15, 0.2) is 36.4 Å². The monoisotopic (exact) mass is 276 g/mol. The van der Waals surface area contributed by atoms with Crippen molar-refractivity contribution in [3.63, 3.8) is 0 Å². The van der Waals surface area contributed by atoms with E-state index in [2.05, 4.69) is 5.43 Å². The van der Waals surface area contributed by atoms with E-state index in [1.807, 2.05) is 18.2 Å². The molecule has 1 aliphatic heterocycles. The van der Waals surface area contributed by atoms with Gasteiger partial charge >= 0.3 is 0 Å². The van der Waals surface area contributed by atoms with Crippen molar-refractivity contribution in [3.05, 3.63) is 70.3 Å². The van der Waals surface area contributed by atoms with E-state index in [9.17, 15) is 8.78 Å². The van der Waals surface area contributed by atoms with Crippen molar-refractivity contribution in [1.29, 1.82) is 0 Å². The van der Waals surface area contributed by atoms with Gasteiger partial charge in [0, 0.05) is 5.56 Å². The Balaban J connectivity index is 2.06. The number of ether oxygens (including phenoxy) is 1. The van der Waals surface area contributed by atoms with Crippen LogP contribution in [0.2, 0.25) is 0 Å². The first kappa shape index (κ1) is 13.2. The number of hydrogen-bond donors (Lipinski definition) is 2. The standard InChI is InChI=1S/C15H14F2N2O/c16-12-2-1-3-13(17)14(12)15(19-18)9-4-5-10-7-20-8-11(10)6-9/h1-6,15,19H,7-8,18H2. The highest BCUT2D eigenvalue weighted by molar-refractivity contribution is 5.39. The summed E-state index contributed by atoms with van der Waals surface area (Å²) in [7, 11) is 0. The van der Waals surface area contributed by atoms with Crippen LogP contribution in [0.4, 0.5) is 8.78 Å². The minimum absolute atomic E-state index is 0.0751. The molecule has 2 aromatic rings. The zero-order chi connectivity index (χ0) is 14.1. The molecule has 0 amide bonds. The molecule has 0 radical (unpaired) electrons. The van der Waals surface area contributed by atoms with E-state index in [-0.39, 0.29) is 5.56 Å². The molecule has 3 nitrogen and oxygen atoms in total. The highest BCUT2D eigenvalue weighted by atomic mass is 19.1. The number of halogens is 2. The van der Waals surface area contributed by atoms with Crippen LogP contribution in [0, 0.1) is 11.6 Å². The largest absolute Gasteiger partial charge is 0.372 e. The number of nitrogens with two attached hydrogens (primary N) is 1. The number of nitrogens with one attached hydrogen (secondary N) is 1. The summed E-state index contributed by atoms with van der Waals surface area (Å²) in [4.78, 5) is 0. The Hall–Kier alpha value is -1.82. The molecule has 2 aromatic carbocycles. The van der Waals surface area contributed by atoms with Crippen molar-refractivity contribution in [2.45, 2.75) is 19.3 Å². The van der Waals surface area contributed by atoms with Gasteiger partial charge in [-0.25, -0.2) is 14.2 Å². The average Bonchev–Trinajstić information content (AvgIpc) is 2.90. The van der Waals surface area contributed by atoms with Gasteiger partial charge in [0.2, 0.25) is 0 Å². The van der Waals surface area contributed by atoms with E-state index in [0.717, 1.165) is 11.1 Å². The van der Waals surface area contributed by atoms with E-state index in [0.29, 0.717) is 18.8 Å². The van der Waals surface area contributed by atoms with Crippen LogP contribution in [0.1, 0.15) is 28.3 Å². The molecule has 0 fully saturated rings. The molecule has 0 spiro atoms. The normalized spacial score (nSPS) is 15.2. The molecule has 1 atom stereocenters. The van der Waals surface area contributed by atoms with Gasteiger partial charge in [-0.2, -0.15) is 0 Å². The Bertz CT molecular complexity index is 626. The maximum Gasteiger partial charge on any atom is 0.131 e. The summed E-state index contributed by atoms with van der Waals surface area (Å²) in [6, 6.07) is 8.63. The molecule has 0 saturated carbocycles. The molecule has 3 rings (SSSR count). The minimum atomic E-state index is -0.734. The SMILES string of the molecule is NNC(c1ccc2c(c1)COC2)c1c(F)cccc1F. The fourth-order valence-electron chi connectivity index (χ4n) is 2.50. The third-order valence-electron chi connectivity index (χ3n) is 3.53. The zero-order valence-corrected chi connectivity index (χ0v) is 10.7. The van der Waals surface area contributed by atoms with Crippen LogP contribution in [-0.2, 0) is 18.0 Å². The maximum atomic E-state index is 13.9. The summed E-state index contributed by atoms with van der Waals surface area (Å²) < 4.78 is 33.1. The summed E-state index contributed by atoms with van der Waals surface area (Å²) >= 11 is 0. The molecular weight excluding hydrogens is 262 g/mol. The lowest BCUT2D eigenvalue weighted by Gasteiger charge is -2.19. The minimum Gasteiger partial charge on any atom is -0.372 e. The summed E-state index contributed by atoms with van der Waals surface area (Å²) in [6.07, 6.45) is 0. The van der Waals surface area contributed by atoms with Crippen molar-refractivity contribution in [2.75, 3.05) is 0 Å². The average molecular weight is 276 g/mol. The van der Waals surface area contributed by atoms with E-state index >= 15 is 0 Å². The first-order chi connectivity index (χ1) is 9.70. The van der Waals surface area contributed by atoms with Crippen LogP contribution in [0.5, 0.6) is 0 Å². The van der Waals surface area contributed by atoms with Gasteiger partial charge in [0.05, 0.1) is 19.3 Å². The molecule has 20 heavy (non-hydrogen) atoms. The molecule has 1 aliphatic rings. The van der Waals surface area contributed by atoms with Crippen molar-refractivity contribution < 1.29 is 13.5 Å². The highest BCUT2D eigenvalue weighted by Crippen LogP contribution is 2.29. The van der Waals surface area contributed by atoms with Gasteiger partial charge in [0.1, 0.15) is 11.6 Å². The molecule has 104 valence electrons. The van der Waals surface area contributed by atoms with E-state index in [1.165, 1.54) is 18.2 Å². The molecule has 0 bridgehead atoms. The van der Waals surface area contributed by atoms with Crippen LogP contribution in [0.25, 0.3) is 0 Å². The lowest BCUT2D eigenvalue weighted by molar-refractivity contribution is 0.134. The molecule has 1 heterocycles. The Labute approximate surface area is 115 Å². The fourth-order valence-corrected chi connectivity index (χ4v) is 2.50. The number of hydrogen-bond acceptors (Lipinski definition) is 3. The first-order valence-corrected chi connectivity index (χ1v) is 6.30. The van der Waals surface area contributed by atoms with Crippen molar-refractivity contribution in [1.82, 2.24) is 5.43 Å². The van der Waals surface area contributed by atoms with Gasteiger partial charge in [0.25, 0.3) is 0 Å². The smallest absolute Gasteiger partial charge is 0.131 e. The number of benzene rings is 2. The Morgan fingerprint density at radius 1 is 1.05 bits per heavy atom. The summed E-state index contributed by atoms with van der Waals surface area (Å²) in [5, 5.41) is 0. The molecule has 5 heteroatoms. The third-order valence-corrected chi connectivity index (χ3v) is 3.53. The van der Waals surface area contributed by atoms with Gasteiger partial charge in [-0.1, -0.05) is 24.3 Å². The Kier molecular flexibility index (Phi) is 3.48. The van der Waals surface area contributed by atoms with Gasteiger partial charge in [-0.05, 0) is 28.8 Å². The van der Waals surface area contributed by atoms with Crippen LogP contribution < -0.4 is 11.3 Å². The fraction of sp³-hybridized carbons (Fsp3) is 0.200. The van der Waals surface area contributed by atoms with Crippen molar-refractivity contribution in [3.8, 4) is 0 Å². The lowest BCUT2D eigenvalue weighted by atomic mass is 9.95. The van der Waals surface area contributed by atoms with Gasteiger partial charge in [-0.15, -0.1) is 0 Å². The number of rotatable bonds is 3. The zero-order valence-electron chi connectivity index (χ0n) is 10.7. The predicted molar refractivity (Wildman–Crippen MR) is 70.5 cm³/mol. The van der Waals surface area contributed by atoms with Gasteiger partial charge < -0.3 is 4.74 Å². The third kappa shape index (κ3) is 2.20. The van der Waals surface area contributed by atoms with Crippen LogP contribution >= 0.6 is 0 Å². The molecule has 0 aliphatic carbocycles. The van der Waals surface area contributed by atoms with Crippen molar-refractivity contribution in [2.24, 2.45) is 5.84 Å². The second kappa shape index (κ2) is 5.28. The molecule has 0 aromatic heterocycles. The maximum absolute atomic E-state index is 13.9. The van der Waals surface area contributed by atoms with Crippen molar-refractivity contribution >= 4 is 0 Å². The van der Waals surface area contributed by atoms with E-state index in [1.54, 1.807) is 0 Å². The Morgan fingerprint density at radius 3 is 2.45 bits per heavy atom. The highest BCUT2D eigenvalue weighted by Gasteiger charge is 2.22. The predicted octanol–water partition coefficient (Wildman–Crippen LogP) is 2.55. The summed E-state index contributed by atoms with van der Waals surface area (Å²) in [5.74, 6) is 4.26. The number of hydrazine groups is 1. The quantitative estimate of drug-likeness (QED) is 0.669. The van der Waals surface area contributed by atoms with Gasteiger partial charge in [0.15, 0.2) is 0 Å². The Morgan fingerprint density at radius 2 is 1.75 bits per heavy atom.